The van der Waals surface area contributed by atoms with Gasteiger partial charge in [-0.1, -0.05) is 38.5 Å². The maximum atomic E-state index is 13.4. The largest absolute Gasteiger partial charge is 0.394 e. The zero-order valence-corrected chi connectivity index (χ0v) is 40.7. The topological polar surface area (TPSA) is 342 Å². The molecule has 0 radical (unpaired) electrons. The van der Waals surface area contributed by atoms with E-state index in [9.17, 15) is 49.2 Å². The number of rotatable bonds is 44. The first-order chi connectivity index (χ1) is 32.8. The zero-order chi connectivity index (χ0) is 50.3. The Labute approximate surface area is 402 Å². The molecule has 0 aromatic carbocycles. The molecule has 0 spiro atoms. The van der Waals surface area contributed by atoms with Gasteiger partial charge < -0.3 is 87.0 Å². The predicted molar refractivity (Wildman–Crippen MR) is 252 cm³/mol. The van der Waals surface area contributed by atoms with Crippen molar-refractivity contribution in [2.24, 2.45) is 11.5 Å². The number of aliphatic hydroxyl groups excluding tert-OH is 4. The molecule has 396 valence electrons. The van der Waals surface area contributed by atoms with Gasteiger partial charge in [0.1, 0.15) is 35.7 Å². The van der Waals surface area contributed by atoms with Gasteiger partial charge in [-0.05, 0) is 65.0 Å². The van der Waals surface area contributed by atoms with Gasteiger partial charge in [0, 0.05) is 71.3 Å². The minimum absolute atomic E-state index is 0.00212. The van der Waals surface area contributed by atoms with E-state index in [2.05, 4.69) is 26.6 Å². The molecule has 0 aromatic heterocycles. The molecule has 1 fully saturated rings. The van der Waals surface area contributed by atoms with Crippen molar-refractivity contribution in [2.75, 3.05) is 92.1 Å². The average Bonchev–Trinajstić information content (AvgIpc) is 3.31. The van der Waals surface area contributed by atoms with Crippen LogP contribution >= 0.6 is 0 Å². The summed E-state index contributed by atoms with van der Waals surface area (Å²) in [5.41, 5.74) is 9.84. The lowest BCUT2D eigenvalue weighted by molar-refractivity contribution is -0.301. The van der Waals surface area contributed by atoms with Gasteiger partial charge in [-0.15, -0.1) is 0 Å². The summed E-state index contributed by atoms with van der Waals surface area (Å²) in [6.07, 6.45) is 4.79. The fraction of sp³-hybridized carbons (Fsp3) is 0.870. The van der Waals surface area contributed by atoms with E-state index in [1.54, 1.807) is 6.92 Å². The predicted octanol–water partition coefficient (Wildman–Crippen LogP) is -0.909. The van der Waals surface area contributed by atoms with Crippen molar-refractivity contribution in [3.63, 3.8) is 0 Å². The Morgan fingerprint density at radius 2 is 0.912 bits per heavy atom. The van der Waals surface area contributed by atoms with Gasteiger partial charge >= 0.3 is 0 Å². The molecule has 5 amide bonds. The Kier molecular flexibility index (Phi) is 37.1. The van der Waals surface area contributed by atoms with Crippen LogP contribution in [-0.4, -0.2) is 184 Å². The highest BCUT2D eigenvalue weighted by molar-refractivity contribution is 5.78. The summed E-state index contributed by atoms with van der Waals surface area (Å²) in [6, 6.07) is 0. The van der Waals surface area contributed by atoms with Crippen molar-refractivity contribution < 1.29 is 72.9 Å². The Morgan fingerprint density at radius 3 is 1.37 bits per heavy atom. The molecule has 0 saturated carbocycles. The smallest absolute Gasteiger partial charge is 0.222 e. The van der Waals surface area contributed by atoms with E-state index >= 15 is 0 Å². The number of amides is 5. The molecule has 1 saturated heterocycles. The van der Waals surface area contributed by atoms with Crippen LogP contribution in [0.2, 0.25) is 0 Å². The maximum Gasteiger partial charge on any atom is 0.222 e. The number of hydrogen-bond acceptors (Lipinski definition) is 17. The van der Waals surface area contributed by atoms with Gasteiger partial charge in [-0.25, -0.2) is 0 Å². The first-order valence-corrected chi connectivity index (χ1v) is 24.7. The van der Waals surface area contributed by atoms with E-state index in [-0.39, 0.29) is 114 Å². The third-order valence-corrected chi connectivity index (χ3v) is 11.0. The van der Waals surface area contributed by atoms with E-state index in [1.165, 1.54) is 0 Å². The normalized spacial score (nSPS) is 18.2. The first kappa shape index (κ1) is 62.6. The maximum absolute atomic E-state index is 13.4. The molecular formula is C46H87N7O15. The van der Waals surface area contributed by atoms with Gasteiger partial charge in [0.25, 0.3) is 0 Å². The molecule has 1 rings (SSSR count). The number of Topliss-reactive ketones (excluding diaryl/α,β-unsaturated/α-hetero) is 1. The van der Waals surface area contributed by atoms with E-state index in [1.807, 2.05) is 0 Å². The van der Waals surface area contributed by atoms with Crippen LogP contribution in [0.1, 0.15) is 129 Å². The number of carbonyl (C=O) groups is 6. The number of hydrogen-bond donors (Lipinski definition) is 11. The number of ether oxygens (including phenoxy) is 5. The second-order valence-corrected chi connectivity index (χ2v) is 17.3. The number of unbranched alkanes of at least 4 members (excludes halogenated alkanes) is 8. The second-order valence-electron chi connectivity index (χ2n) is 17.3. The van der Waals surface area contributed by atoms with Crippen LogP contribution in [0.15, 0.2) is 0 Å². The molecular weight excluding hydrogens is 891 g/mol. The third kappa shape index (κ3) is 31.7. The van der Waals surface area contributed by atoms with Gasteiger partial charge in [0.05, 0.1) is 46.2 Å². The van der Waals surface area contributed by atoms with Crippen LogP contribution in [0, 0.1) is 0 Å². The quantitative estimate of drug-likeness (QED) is 0.0329. The van der Waals surface area contributed by atoms with Crippen molar-refractivity contribution in [3.8, 4) is 0 Å². The Bertz CT molecular complexity index is 1350. The van der Waals surface area contributed by atoms with Crippen molar-refractivity contribution in [1.29, 1.82) is 0 Å². The molecule has 68 heavy (non-hydrogen) atoms. The van der Waals surface area contributed by atoms with E-state index in [4.69, 9.17) is 35.2 Å². The highest BCUT2D eigenvalue weighted by Gasteiger charge is 2.44. The van der Waals surface area contributed by atoms with Crippen LogP contribution in [0.4, 0.5) is 0 Å². The highest BCUT2D eigenvalue weighted by Crippen LogP contribution is 2.22. The zero-order valence-electron chi connectivity index (χ0n) is 40.7. The van der Waals surface area contributed by atoms with Gasteiger partial charge in [0.15, 0.2) is 6.29 Å². The lowest BCUT2D eigenvalue weighted by Crippen LogP contribution is -2.59. The molecule has 1 aliphatic rings. The standard InChI is InChI=1S/C46H87N7O15/c1-35(55)15-8-6-4-2-3-5-7-9-17-41(60)53-46(32-64-28-18-38(57)49-23-12-21-47,33-65-29-19-39(58)50-24-13-22-48)34-66-30-20-40(59)52-26-14-25-51-37(56)16-10-11-27-67-45-44(63)43(62)42(61)36(31-54)68-45/h36,42-45,54,61-63H,2-34,47-48H2,1H3,(H,49,57)(H,50,58)(H,51,56)(H,52,59)(H,53,60)/t36?,42-,43?,44?,45+/m1/s1. The molecule has 1 heterocycles. The fourth-order valence-corrected chi connectivity index (χ4v) is 6.96. The number of ketones is 1. The SMILES string of the molecule is CC(=O)CCCCCCCCCCC(=O)NC(COCCC(=O)NCCCN)(COCCC(=O)NCCCN)COCCC(=O)NCCCNC(=O)CCCCO[C@H]1OC(CO)[C@@H](O)C(O)C1O. The Hall–Kier alpha value is -3.42. The summed E-state index contributed by atoms with van der Waals surface area (Å²) in [5.74, 6) is -0.913. The van der Waals surface area contributed by atoms with E-state index in [0.717, 1.165) is 44.9 Å². The highest BCUT2D eigenvalue weighted by atomic mass is 16.7. The van der Waals surface area contributed by atoms with Gasteiger partial charge in [-0.3, -0.25) is 24.0 Å². The molecule has 5 atom stereocenters. The van der Waals surface area contributed by atoms with Crippen LogP contribution < -0.4 is 38.1 Å². The van der Waals surface area contributed by atoms with Crippen LogP contribution in [0.25, 0.3) is 0 Å². The molecule has 0 bridgehead atoms. The lowest BCUT2D eigenvalue weighted by Gasteiger charge is -2.39. The van der Waals surface area contributed by atoms with Crippen molar-refractivity contribution in [2.45, 2.75) is 165 Å². The number of aliphatic hydroxyl groups is 4. The molecule has 0 aromatic rings. The van der Waals surface area contributed by atoms with Crippen molar-refractivity contribution in [1.82, 2.24) is 26.6 Å². The molecule has 3 unspecified atom stereocenters. The number of carbonyl (C=O) groups excluding carboxylic acids is 6. The van der Waals surface area contributed by atoms with Crippen LogP contribution in [0.3, 0.4) is 0 Å². The third-order valence-electron chi connectivity index (χ3n) is 11.0. The minimum atomic E-state index is -1.53. The molecule has 1 aliphatic heterocycles. The molecule has 0 aliphatic carbocycles. The summed E-state index contributed by atoms with van der Waals surface area (Å²) in [5, 5.41) is 53.4. The average molecular weight is 978 g/mol. The minimum Gasteiger partial charge on any atom is -0.394 e. The molecule has 13 N–H and O–H groups in total. The summed E-state index contributed by atoms with van der Waals surface area (Å²) >= 11 is 0. The monoisotopic (exact) mass is 978 g/mol. The second kappa shape index (κ2) is 40.3. The summed E-state index contributed by atoms with van der Waals surface area (Å²) in [6.45, 7) is 3.45. The van der Waals surface area contributed by atoms with Gasteiger partial charge in [0.2, 0.25) is 29.5 Å². The number of nitrogens with two attached hydrogens (primary N) is 2. The van der Waals surface area contributed by atoms with E-state index < -0.39 is 42.9 Å². The summed E-state index contributed by atoms with van der Waals surface area (Å²) in [4.78, 5) is 74.3. The first-order valence-electron chi connectivity index (χ1n) is 24.7. The fourth-order valence-electron chi connectivity index (χ4n) is 6.96. The van der Waals surface area contributed by atoms with Crippen LogP contribution in [0.5, 0.6) is 0 Å². The van der Waals surface area contributed by atoms with Gasteiger partial charge in [-0.2, -0.15) is 0 Å². The Balaban J connectivity index is 2.66. The molecule has 22 heteroatoms. The number of nitrogens with one attached hydrogen (secondary N) is 5. The summed E-state index contributed by atoms with van der Waals surface area (Å²) < 4.78 is 28.6. The van der Waals surface area contributed by atoms with Crippen molar-refractivity contribution in [3.05, 3.63) is 0 Å². The molecule has 22 nitrogen and oxygen atoms in total. The Morgan fingerprint density at radius 1 is 0.500 bits per heavy atom. The summed E-state index contributed by atoms with van der Waals surface area (Å²) in [7, 11) is 0. The van der Waals surface area contributed by atoms with E-state index in [0.29, 0.717) is 84.2 Å². The lowest BCUT2D eigenvalue weighted by atomic mass is 9.99. The van der Waals surface area contributed by atoms with Crippen molar-refractivity contribution >= 4 is 35.3 Å². The van der Waals surface area contributed by atoms with Crippen LogP contribution in [-0.2, 0) is 52.5 Å².